The molecule has 1 N–H and O–H groups in total. The maximum atomic E-state index is 12.5. The van der Waals surface area contributed by atoms with Crippen LogP contribution in [0, 0.1) is 20.2 Å². The number of imide groups is 1. The summed E-state index contributed by atoms with van der Waals surface area (Å²) >= 11 is 0. The van der Waals surface area contributed by atoms with E-state index >= 15 is 0 Å². The minimum absolute atomic E-state index is 0.174. The first kappa shape index (κ1) is 15.1. The zero-order valence-electron chi connectivity index (χ0n) is 11.7. The number of rotatable bonds is 3. The molecule has 0 atom stereocenters. The number of phenolic OH excluding ortho intramolecular Hbond substituents is 1. The van der Waals surface area contributed by atoms with Crippen molar-refractivity contribution in [3.8, 4) is 5.75 Å². The van der Waals surface area contributed by atoms with Crippen LogP contribution in [-0.4, -0.2) is 26.8 Å². The Morgan fingerprint density at radius 2 is 1.67 bits per heavy atom. The van der Waals surface area contributed by atoms with Crippen molar-refractivity contribution in [3.63, 3.8) is 0 Å². The summed E-state index contributed by atoms with van der Waals surface area (Å²) in [4.78, 5) is 45.6. The van der Waals surface area contributed by atoms with Crippen molar-refractivity contribution in [2.75, 3.05) is 4.90 Å². The van der Waals surface area contributed by atoms with Crippen molar-refractivity contribution >= 4 is 28.9 Å². The van der Waals surface area contributed by atoms with Crippen LogP contribution in [0.2, 0.25) is 0 Å². The number of anilines is 1. The van der Waals surface area contributed by atoms with Gasteiger partial charge in [-0.15, -0.1) is 0 Å². The number of nitrogens with zero attached hydrogens (tertiary/aromatic N) is 3. The van der Waals surface area contributed by atoms with Crippen LogP contribution in [0.25, 0.3) is 0 Å². The topological polar surface area (TPSA) is 144 Å². The molecule has 2 aromatic rings. The predicted octanol–water partition coefficient (Wildman–Crippen LogP) is 2.01. The van der Waals surface area contributed by atoms with Crippen LogP contribution in [0.3, 0.4) is 0 Å². The first-order valence-corrected chi connectivity index (χ1v) is 6.46. The van der Waals surface area contributed by atoms with E-state index in [0.717, 1.165) is 24.3 Å². The van der Waals surface area contributed by atoms with Crippen molar-refractivity contribution < 1.29 is 24.5 Å². The third kappa shape index (κ3) is 2.05. The highest BCUT2D eigenvalue weighted by Crippen LogP contribution is 2.38. The molecule has 120 valence electrons. The van der Waals surface area contributed by atoms with Gasteiger partial charge in [0.05, 0.1) is 27.2 Å². The van der Waals surface area contributed by atoms with Crippen LogP contribution in [0.4, 0.5) is 17.1 Å². The summed E-state index contributed by atoms with van der Waals surface area (Å²) in [5.74, 6) is -2.50. The highest BCUT2D eigenvalue weighted by Gasteiger charge is 2.42. The number of carbonyl (C=O) groups is 2. The number of phenols is 1. The molecular weight excluding hydrogens is 322 g/mol. The molecule has 1 aliphatic heterocycles. The molecule has 24 heavy (non-hydrogen) atoms. The smallest absolute Gasteiger partial charge is 0.283 e. The Labute approximate surface area is 132 Å². The van der Waals surface area contributed by atoms with Gasteiger partial charge in [0.2, 0.25) is 0 Å². The molecule has 0 unspecified atom stereocenters. The largest absolute Gasteiger partial charge is 0.505 e. The quantitative estimate of drug-likeness (QED) is 0.515. The Bertz CT molecular complexity index is 938. The molecular formula is C14H7N3O7. The Kier molecular flexibility index (Phi) is 3.22. The van der Waals surface area contributed by atoms with Crippen LogP contribution < -0.4 is 4.90 Å². The number of nitro groups is 2. The molecule has 0 aliphatic carbocycles. The third-order valence-corrected chi connectivity index (χ3v) is 3.50. The maximum Gasteiger partial charge on any atom is 0.283 e. The number of carbonyl (C=O) groups excluding carboxylic acids is 2. The summed E-state index contributed by atoms with van der Waals surface area (Å²) < 4.78 is 0. The monoisotopic (exact) mass is 329 g/mol. The van der Waals surface area contributed by atoms with Gasteiger partial charge in [0.25, 0.3) is 23.2 Å². The Balaban J connectivity index is 2.14. The Morgan fingerprint density at radius 1 is 0.958 bits per heavy atom. The lowest BCUT2D eigenvalue weighted by atomic mass is 10.1. The Hall–Kier alpha value is -3.82. The first-order valence-electron chi connectivity index (χ1n) is 6.46. The van der Waals surface area contributed by atoms with E-state index in [0.29, 0.717) is 4.90 Å². The molecule has 0 bridgehead atoms. The molecule has 10 nitrogen and oxygen atoms in total. The van der Waals surface area contributed by atoms with Crippen LogP contribution in [0.1, 0.15) is 20.7 Å². The van der Waals surface area contributed by atoms with Crippen LogP contribution in [0.5, 0.6) is 5.75 Å². The number of non-ortho nitro benzene ring substituents is 1. The van der Waals surface area contributed by atoms with E-state index in [9.17, 15) is 34.9 Å². The minimum atomic E-state index is -0.980. The molecule has 0 saturated carbocycles. The molecule has 2 aromatic carbocycles. The summed E-state index contributed by atoms with van der Waals surface area (Å²) in [6.45, 7) is 0. The second-order valence-corrected chi connectivity index (χ2v) is 4.83. The van der Waals surface area contributed by atoms with Gasteiger partial charge in [-0.25, -0.2) is 4.90 Å². The molecule has 0 aromatic heterocycles. The Morgan fingerprint density at radius 3 is 2.25 bits per heavy atom. The molecule has 0 radical (unpaired) electrons. The molecule has 2 amide bonds. The second-order valence-electron chi connectivity index (χ2n) is 4.83. The molecule has 0 saturated heterocycles. The number of aromatic hydroxyl groups is 1. The number of benzene rings is 2. The lowest BCUT2D eigenvalue weighted by molar-refractivity contribution is -0.385. The van der Waals surface area contributed by atoms with Crippen molar-refractivity contribution in [3.05, 3.63) is 67.8 Å². The predicted molar refractivity (Wildman–Crippen MR) is 79.0 cm³/mol. The standard InChI is InChI=1S/C14H7N3O7/c18-11-6-7(16(21)22)4-5-9(11)15-13(19)8-2-1-3-10(17(23)24)12(8)14(15)20/h1-6,18H. The van der Waals surface area contributed by atoms with Gasteiger partial charge in [-0.3, -0.25) is 29.8 Å². The summed E-state index contributed by atoms with van der Waals surface area (Å²) in [5.41, 5.74) is -1.81. The lowest BCUT2D eigenvalue weighted by Crippen LogP contribution is -2.29. The third-order valence-electron chi connectivity index (χ3n) is 3.50. The molecule has 1 aliphatic rings. The van der Waals surface area contributed by atoms with Crippen molar-refractivity contribution in [2.45, 2.75) is 0 Å². The minimum Gasteiger partial charge on any atom is -0.505 e. The van der Waals surface area contributed by atoms with Gasteiger partial charge in [0.15, 0.2) is 0 Å². The average molecular weight is 329 g/mol. The number of fused-ring (bicyclic) bond motifs is 1. The number of hydrogen-bond donors (Lipinski definition) is 1. The lowest BCUT2D eigenvalue weighted by Gasteiger charge is -2.14. The normalized spacial score (nSPS) is 13.1. The van der Waals surface area contributed by atoms with Gasteiger partial charge in [0.1, 0.15) is 11.3 Å². The van der Waals surface area contributed by atoms with Crippen LogP contribution >= 0.6 is 0 Å². The molecule has 0 fully saturated rings. The molecule has 3 rings (SSSR count). The van der Waals surface area contributed by atoms with E-state index in [1.807, 2.05) is 0 Å². The SMILES string of the molecule is O=C1c2cccc([N+](=O)[O-])c2C(=O)N1c1ccc([N+](=O)[O-])cc1O. The van der Waals surface area contributed by atoms with Gasteiger partial charge in [-0.2, -0.15) is 0 Å². The summed E-state index contributed by atoms with van der Waals surface area (Å²) in [7, 11) is 0. The first-order chi connectivity index (χ1) is 11.3. The van der Waals surface area contributed by atoms with Crippen LogP contribution in [0.15, 0.2) is 36.4 Å². The van der Waals surface area contributed by atoms with Gasteiger partial charge in [0, 0.05) is 12.1 Å². The number of hydrogen-bond acceptors (Lipinski definition) is 7. The van der Waals surface area contributed by atoms with Crippen molar-refractivity contribution in [1.82, 2.24) is 0 Å². The molecule has 10 heteroatoms. The van der Waals surface area contributed by atoms with Gasteiger partial charge in [-0.05, 0) is 12.1 Å². The van der Waals surface area contributed by atoms with E-state index < -0.39 is 38.8 Å². The van der Waals surface area contributed by atoms with Gasteiger partial charge in [-0.1, -0.05) is 6.07 Å². The van der Waals surface area contributed by atoms with Crippen LogP contribution in [-0.2, 0) is 0 Å². The van der Waals surface area contributed by atoms with E-state index in [2.05, 4.69) is 0 Å². The fourth-order valence-electron chi connectivity index (χ4n) is 2.45. The van der Waals surface area contributed by atoms with Crippen molar-refractivity contribution in [1.29, 1.82) is 0 Å². The van der Waals surface area contributed by atoms with Gasteiger partial charge >= 0.3 is 0 Å². The summed E-state index contributed by atoms with van der Waals surface area (Å²) in [5, 5.41) is 31.6. The van der Waals surface area contributed by atoms with Crippen molar-refractivity contribution in [2.24, 2.45) is 0 Å². The highest BCUT2D eigenvalue weighted by atomic mass is 16.6. The fraction of sp³-hybridized carbons (Fsp3) is 0. The number of nitro benzene ring substituents is 2. The zero-order valence-corrected chi connectivity index (χ0v) is 11.7. The van der Waals surface area contributed by atoms with Gasteiger partial charge < -0.3 is 5.11 Å². The molecule has 1 heterocycles. The number of amides is 2. The highest BCUT2D eigenvalue weighted by molar-refractivity contribution is 6.36. The van der Waals surface area contributed by atoms with E-state index in [-0.39, 0.29) is 16.8 Å². The average Bonchev–Trinajstić information content (AvgIpc) is 2.79. The zero-order chi connectivity index (χ0) is 17.6. The van der Waals surface area contributed by atoms with E-state index in [4.69, 9.17) is 0 Å². The molecule has 0 spiro atoms. The second kappa shape index (κ2) is 5.12. The maximum absolute atomic E-state index is 12.5. The summed E-state index contributed by atoms with van der Waals surface area (Å²) in [6.07, 6.45) is 0. The van der Waals surface area contributed by atoms with E-state index in [1.165, 1.54) is 12.1 Å². The fourth-order valence-corrected chi connectivity index (χ4v) is 2.45. The van der Waals surface area contributed by atoms with E-state index in [1.54, 1.807) is 0 Å². The summed E-state index contributed by atoms with van der Waals surface area (Å²) in [6, 6.07) is 6.43.